The second-order valence-corrected chi connectivity index (χ2v) is 6.34. The molecule has 2 N–H and O–H groups in total. The van der Waals surface area contributed by atoms with Gasteiger partial charge in [0.1, 0.15) is 0 Å². The molecule has 1 aromatic heterocycles. The number of nitrogens with one attached hydrogen (secondary N) is 1. The van der Waals surface area contributed by atoms with Gasteiger partial charge in [-0.25, -0.2) is 4.79 Å². The molecule has 0 spiro atoms. The number of halogens is 3. The van der Waals surface area contributed by atoms with Crippen LogP contribution in [0.15, 0.2) is 12.1 Å². The SMILES string of the molecule is O=C(O)NC1Cc2c(I)c3ccc(Cl)c(Cl)c3n2C1. The molecule has 7 heteroatoms. The van der Waals surface area contributed by atoms with Crippen molar-refractivity contribution in [3.63, 3.8) is 0 Å². The molecule has 2 heterocycles. The Labute approximate surface area is 132 Å². The third-order valence-electron chi connectivity index (χ3n) is 3.32. The summed E-state index contributed by atoms with van der Waals surface area (Å²) in [5.41, 5.74) is 2.00. The summed E-state index contributed by atoms with van der Waals surface area (Å²) in [5, 5.41) is 13.4. The molecule has 0 bridgehead atoms. The van der Waals surface area contributed by atoms with E-state index in [1.54, 1.807) is 6.07 Å². The van der Waals surface area contributed by atoms with E-state index in [1.165, 1.54) is 0 Å². The van der Waals surface area contributed by atoms with Crippen LogP contribution in [0.25, 0.3) is 10.9 Å². The molecule has 1 aliphatic heterocycles. The van der Waals surface area contributed by atoms with Crippen LogP contribution >= 0.6 is 45.8 Å². The molecular weight excluding hydrogens is 402 g/mol. The lowest BCUT2D eigenvalue weighted by molar-refractivity contribution is 0.189. The van der Waals surface area contributed by atoms with Gasteiger partial charge in [0.15, 0.2) is 0 Å². The normalized spacial score (nSPS) is 17.7. The second-order valence-electron chi connectivity index (χ2n) is 4.48. The number of fused-ring (bicyclic) bond motifs is 3. The molecule has 0 aliphatic carbocycles. The molecule has 19 heavy (non-hydrogen) atoms. The zero-order valence-corrected chi connectivity index (χ0v) is 13.3. The van der Waals surface area contributed by atoms with Crippen LogP contribution in [-0.2, 0) is 13.0 Å². The van der Waals surface area contributed by atoms with E-state index in [2.05, 4.69) is 32.5 Å². The van der Waals surface area contributed by atoms with Gasteiger partial charge in [-0.15, -0.1) is 0 Å². The summed E-state index contributed by atoms with van der Waals surface area (Å²) in [6, 6.07) is 3.63. The Morgan fingerprint density at radius 2 is 2.21 bits per heavy atom. The molecule has 100 valence electrons. The van der Waals surface area contributed by atoms with Crippen molar-refractivity contribution in [3.8, 4) is 0 Å². The van der Waals surface area contributed by atoms with Gasteiger partial charge in [0.05, 0.1) is 21.6 Å². The minimum atomic E-state index is -1.00. The zero-order chi connectivity index (χ0) is 13.7. The van der Waals surface area contributed by atoms with Crippen molar-refractivity contribution in [2.24, 2.45) is 0 Å². The topological polar surface area (TPSA) is 54.3 Å². The maximum atomic E-state index is 10.7. The summed E-state index contributed by atoms with van der Waals surface area (Å²) in [6.45, 7) is 0.585. The first kappa shape index (κ1) is 13.3. The van der Waals surface area contributed by atoms with Crippen LogP contribution in [0, 0.1) is 3.57 Å². The summed E-state index contributed by atoms with van der Waals surface area (Å²) in [7, 11) is 0. The highest BCUT2D eigenvalue weighted by atomic mass is 127. The van der Waals surface area contributed by atoms with Crippen LogP contribution in [0.1, 0.15) is 5.69 Å². The van der Waals surface area contributed by atoms with Gasteiger partial charge in [-0.1, -0.05) is 29.3 Å². The van der Waals surface area contributed by atoms with Crippen molar-refractivity contribution in [1.29, 1.82) is 0 Å². The van der Waals surface area contributed by atoms with Gasteiger partial charge in [-0.3, -0.25) is 0 Å². The average Bonchev–Trinajstić information content (AvgIpc) is 2.83. The third-order valence-corrected chi connectivity index (χ3v) is 5.32. The fourth-order valence-electron chi connectivity index (χ4n) is 2.58. The molecule has 0 saturated carbocycles. The molecule has 0 radical (unpaired) electrons. The molecule has 0 fully saturated rings. The van der Waals surface area contributed by atoms with Crippen molar-refractivity contribution in [2.75, 3.05) is 0 Å². The molecule has 1 unspecified atom stereocenters. The third kappa shape index (κ3) is 2.08. The Balaban J connectivity index is 2.13. The summed E-state index contributed by atoms with van der Waals surface area (Å²) in [5.74, 6) is 0. The molecule has 1 amide bonds. The fourth-order valence-corrected chi connectivity index (χ4v) is 3.95. The van der Waals surface area contributed by atoms with E-state index in [1.807, 2.05) is 6.07 Å². The largest absolute Gasteiger partial charge is 0.465 e. The van der Waals surface area contributed by atoms with Crippen molar-refractivity contribution in [1.82, 2.24) is 9.88 Å². The number of aromatic nitrogens is 1. The van der Waals surface area contributed by atoms with E-state index < -0.39 is 6.09 Å². The van der Waals surface area contributed by atoms with Gasteiger partial charge in [0.2, 0.25) is 0 Å². The van der Waals surface area contributed by atoms with Crippen LogP contribution in [0.2, 0.25) is 10.0 Å². The lowest BCUT2D eigenvalue weighted by Gasteiger charge is -2.10. The van der Waals surface area contributed by atoms with Crippen molar-refractivity contribution >= 4 is 62.8 Å². The first-order chi connectivity index (χ1) is 8.99. The number of carbonyl (C=O) groups is 1. The zero-order valence-electron chi connectivity index (χ0n) is 9.58. The number of hydrogen-bond donors (Lipinski definition) is 2. The van der Waals surface area contributed by atoms with E-state index in [9.17, 15) is 4.79 Å². The summed E-state index contributed by atoms with van der Waals surface area (Å²) in [6.07, 6.45) is -0.327. The number of carboxylic acid groups (broad SMARTS) is 1. The Bertz CT molecular complexity index is 699. The van der Waals surface area contributed by atoms with Gasteiger partial charge >= 0.3 is 6.09 Å². The minimum absolute atomic E-state index is 0.111. The number of benzene rings is 1. The monoisotopic (exact) mass is 410 g/mol. The minimum Gasteiger partial charge on any atom is -0.465 e. The van der Waals surface area contributed by atoms with Gasteiger partial charge in [0.25, 0.3) is 0 Å². The van der Waals surface area contributed by atoms with Gasteiger partial charge in [0, 0.05) is 27.6 Å². The lowest BCUT2D eigenvalue weighted by atomic mass is 10.2. The summed E-state index contributed by atoms with van der Waals surface area (Å²) < 4.78 is 3.17. The first-order valence-corrected chi connectivity index (χ1v) is 7.46. The Morgan fingerprint density at radius 1 is 1.47 bits per heavy atom. The average molecular weight is 411 g/mol. The number of hydrogen-bond acceptors (Lipinski definition) is 1. The quantitative estimate of drug-likeness (QED) is 0.703. The maximum Gasteiger partial charge on any atom is 0.404 e. The van der Waals surface area contributed by atoms with E-state index in [0.29, 0.717) is 23.0 Å². The predicted octanol–water partition coefficient (Wildman–Crippen LogP) is 3.75. The lowest BCUT2D eigenvalue weighted by Crippen LogP contribution is -2.34. The number of rotatable bonds is 1. The fraction of sp³-hybridized carbons (Fsp3) is 0.250. The molecule has 0 saturated heterocycles. The van der Waals surface area contributed by atoms with Crippen LogP contribution < -0.4 is 5.32 Å². The highest BCUT2D eigenvalue weighted by Gasteiger charge is 2.29. The molecule has 3 rings (SSSR count). The summed E-state index contributed by atoms with van der Waals surface area (Å²) in [4.78, 5) is 10.7. The molecule has 1 aromatic carbocycles. The van der Waals surface area contributed by atoms with Crippen LogP contribution in [0.5, 0.6) is 0 Å². The van der Waals surface area contributed by atoms with Crippen LogP contribution in [0.4, 0.5) is 4.79 Å². The number of nitrogens with zero attached hydrogens (tertiary/aromatic N) is 1. The molecule has 1 atom stereocenters. The Morgan fingerprint density at radius 3 is 2.89 bits per heavy atom. The van der Waals surface area contributed by atoms with Gasteiger partial charge in [-0.2, -0.15) is 0 Å². The Kier molecular flexibility index (Phi) is 3.31. The molecule has 4 nitrogen and oxygen atoms in total. The highest BCUT2D eigenvalue weighted by molar-refractivity contribution is 14.1. The Hall–Kier alpha value is -0.660. The van der Waals surface area contributed by atoms with Crippen molar-refractivity contribution in [3.05, 3.63) is 31.4 Å². The van der Waals surface area contributed by atoms with Crippen LogP contribution in [0.3, 0.4) is 0 Å². The van der Waals surface area contributed by atoms with Crippen molar-refractivity contribution in [2.45, 2.75) is 19.0 Å². The molecule has 1 aliphatic rings. The second kappa shape index (κ2) is 4.71. The standard InChI is InChI=1S/C12H9Cl2IN2O2/c13-7-2-1-6-10(15)8-3-5(16-12(18)19)4-17(8)11(6)9(7)14/h1-2,5,16H,3-4H2,(H,18,19). The maximum absolute atomic E-state index is 10.7. The van der Waals surface area contributed by atoms with Gasteiger partial charge < -0.3 is 15.0 Å². The summed E-state index contributed by atoms with van der Waals surface area (Å²) >= 11 is 14.6. The number of amides is 1. The van der Waals surface area contributed by atoms with Crippen LogP contribution in [-0.4, -0.2) is 21.8 Å². The smallest absolute Gasteiger partial charge is 0.404 e. The highest BCUT2D eigenvalue weighted by Crippen LogP contribution is 2.39. The van der Waals surface area contributed by atoms with E-state index in [-0.39, 0.29) is 6.04 Å². The predicted molar refractivity (Wildman–Crippen MR) is 83.3 cm³/mol. The van der Waals surface area contributed by atoms with Crippen molar-refractivity contribution < 1.29 is 9.90 Å². The molecule has 2 aromatic rings. The van der Waals surface area contributed by atoms with Gasteiger partial charge in [-0.05, 0) is 28.7 Å². The van der Waals surface area contributed by atoms with E-state index in [4.69, 9.17) is 28.3 Å². The van der Waals surface area contributed by atoms with E-state index in [0.717, 1.165) is 20.2 Å². The van der Waals surface area contributed by atoms with E-state index >= 15 is 0 Å². The molecular formula is C12H9Cl2IN2O2. The first-order valence-electron chi connectivity index (χ1n) is 5.63.